The molecule has 0 aliphatic carbocycles. The highest BCUT2D eigenvalue weighted by Gasteiger charge is 2.13. The molecule has 0 radical (unpaired) electrons. The van der Waals surface area contributed by atoms with Gasteiger partial charge in [0, 0.05) is 6.61 Å². The van der Waals surface area contributed by atoms with Crippen molar-refractivity contribution in [2.24, 2.45) is 0 Å². The molecule has 0 amide bonds. The Bertz CT molecular complexity index is 354. The maximum absolute atomic E-state index is 5.73. The Morgan fingerprint density at radius 1 is 1.35 bits per heavy atom. The number of benzene rings is 1. The molecular weight excluding hydrogens is 212 g/mol. The van der Waals surface area contributed by atoms with Gasteiger partial charge < -0.3 is 9.47 Å². The van der Waals surface area contributed by atoms with Crippen LogP contribution in [0.3, 0.4) is 0 Å². The minimum atomic E-state index is 0.0136. The van der Waals surface area contributed by atoms with Gasteiger partial charge in [-0.2, -0.15) is 0 Å². The van der Waals surface area contributed by atoms with Gasteiger partial charge in [-0.3, -0.25) is 0 Å². The predicted molar refractivity (Wildman–Crippen MR) is 69.8 cm³/mol. The molecule has 1 aromatic rings. The molecule has 17 heavy (non-hydrogen) atoms. The molecule has 1 atom stereocenters. The van der Waals surface area contributed by atoms with Crippen LogP contribution in [0.4, 0.5) is 0 Å². The van der Waals surface area contributed by atoms with Crippen molar-refractivity contribution in [3.63, 3.8) is 0 Å². The lowest BCUT2D eigenvalue weighted by molar-refractivity contribution is -0.161. The summed E-state index contributed by atoms with van der Waals surface area (Å²) in [6.45, 7) is 5.38. The summed E-state index contributed by atoms with van der Waals surface area (Å²) in [5.41, 5.74) is 2.49. The first-order valence-electron chi connectivity index (χ1n) is 6.33. The van der Waals surface area contributed by atoms with Gasteiger partial charge in [0.05, 0.1) is 6.61 Å². The summed E-state index contributed by atoms with van der Waals surface area (Å²) < 4.78 is 11.3. The Morgan fingerprint density at radius 3 is 3.00 bits per heavy atom. The smallest absolute Gasteiger partial charge is 0.157 e. The van der Waals surface area contributed by atoms with Crippen LogP contribution >= 0.6 is 0 Å². The van der Waals surface area contributed by atoms with Crippen LogP contribution in [0.25, 0.3) is 6.08 Å². The first-order valence-corrected chi connectivity index (χ1v) is 6.33. The Kier molecular flexibility index (Phi) is 4.77. The van der Waals surface area contributed by atoms with Gasteiger partial charge in [0.2, 0.25) is 0 Å². The van der Waals surface area contributed by atoms with E-state index in [1.54, 1.807) is 0 Å². The summed E-state index contributed by atoms with van der Waals surface area (Å²) in [5.74, 6) is 0. The van der Waals surface area contributed by atoms with Crippen LogP contribution in [0.15, 0.2) is 30.8 Å². The van der Waals surface area contributed by atoms with E-state index < -0.39 is 0 Å². The molecule has 1 aliphatic heterocycles. The van der Waals surface area contributed by atoms with Crippen LogP contribution in [0.5, 0.6) is 0 Å². The lowest BCUT2D eigenvalue weighted by Gasteiger charge is -2.22. The van der Waals surface area contributed by atoms with E-state index in [9.17, 15) is 0 Å². The van der Waals surface area contributed by atoms with Gasteiger partial charge >= 0.3 is 0 Å². The minimum absolute atomic E-state index is 0.0136. The molecule has 2 heteroatoms. The highest BCUT2D eigenvalue weighted by atomic mass is 16.7. The van der Waals surface area contributed by atoms with Crippen LogP contribution in [0.1, 0.15) is 30.4 Å². The SMILES string of the molecule is C=Cc1ccccc1CCOC1CCCCO1. The van der Waals surface area contributed by atoms with Gasteiger partial charge in [-0.1, -0.05) is 36.9 Å². The molecular formula is C15H20O2. The van der Waals surface area contributed by atoms with Gasteiger partial charge in [-0.25, -0.2) is 0 Å². The van der Waals surface area contributed by atoms with Crippen molar-refractivity contribution < 1.29 is 9.47 Å². The maximum atomic E-state index is 5.73. The van der Waals surface area contributed by atoms with E-state index >= 15 is 0 Å². The molecule has 1 aromatic carbocycles. The molecule has 1 saturated heterocycles. The maximum Gasteiger partial charge on any atom is 0.157 e. The summed E-state index contributed by atoms with van der Waals surface area (Å²) in [7, 11) is 0. The molecule has 0 bridgehead atoms. The fraction of sp³-hybridized carbons (Fsp3) is 0.467. The Labute approximate surface area is 103 Å². The second kappa shape index (κ2) is 6.58. The molecule has 0 N–H and O–H groups in total. The third-order valence-corrected chi connectivity index (χ3v) is 3.09. The van der Waals surface area contributed by atoms with Crippen molar-refractivity contribution in [1.29, 1.82) is 0 Å². The van der Waals surface area contributed by atoms with Gasteiger partial charge in [0.25, 0.3) is 0 Å². The van der Waals surface area contributed by atoms with Gasteiger partial charge in [-0.15, -0.1) is 0 Å². The van der Waals surface area contributed by atoms with Crippen molar-refractivity contribution >= 4 is 6.08 Å². The van der Waals surface area contributed by atoms with Crippen LogP contribution in [0.2, 0.25) is 0 Å². The zero-order valence-electron chi connectivity index (χ0n) is 10.2. The molecule has 0 aromatic heterocycles. The molecule has 1 unspecified atom stereocenters. The third kappa shape index (κ3) is 3.69. The molecule has 0 spiro atoms. The molecule has 1 aliphatic rings. The normalized spacial score (nSPS) is 20.1. The van der Waals surface area contributed by atoms with Gasteiger partial charge in [-0.05, 0) is 36.8 Å². The van der Waals surface area contributed by atoms with Crippen molar-refractivity contribution in [2.75, 3.05) is 13.2 Å². The fourth-order valence-corrected chi connectivity index (χ4v) is 2.10. The Hall–Kier alpha value is -1.12. The second-order valence-corrected chi connectivity index (χ2v) is 4.32. The van der Waals surface area contributed by atoms with E-state index in [1.165, 1.54) is 24.0 Å². The molecule has 92 valence electrons. The molecule has 2 nitrogen and oxygen atoms in total. The molecule has 2 rings (SSSR count). The van der Waals surface area contributed by atoms with E-state index in [4.69, 9.17) is 9.47 Å². The highest BCUT2D eigenvalue weighted by molar-refractivity contribution is 5.51. The quantitative estimate of drug-likeness (QED) is 0.774. The van der Waals surface area contributed by atoms with E-state index in [0.29, 0.717) is 0 Å². The topological polar surface area (TPSA) is 18.5 Å². The average Bonchev–Trinajstić information content (AvgIpc) is 2.40. The third-order valence-electron chi connectivity index (χ3n) is 3.09. The minimum Gasteiger partial charge on any atom is -0.353 e. The molecule has 1 fully saturated rings. The first-order chi connectivity index (χ1) is 8.40. The predicted octanol–water partition coefficient (Wildman–Crippen LogP) is 3.42. The summed E-state index contributed by atoms with van der Waals surface area (Å²) in [6.07, 6.45) is 6.24. The zero-order chi connectivity index (χ0) is 11.9. The van der Waals surface area contributed by atoms with Gasteiger partial charge in [0.15, 0.2) is 6.29 Å². The monoisotopic (exact) mass is 232 g/mol. The van der Waals surface area contributed by atoms with E-state index in [2.05, 4.69) is 24.8 Å². The molecule has 0 saturated carbocycles. The number of hydrogen-bond acceptors (Lipinski definition) is 2. The summed E-state index contributed by atoms with van der Waals surface area (Å²) in [6, 6.07) is 8.30. The lowest BCUT2D eigenvalue weighted by atomic mass is 10.1. The summed E-state index contributed by atoms with van der Waals surface area (Å²) in [4.78, 5) is 0. The van der Waals surface area contributed by atoms with E-state index in [-0.39, 0.29) is 6.29 Å². The van der Waals surface area contributed by atoms with Crippen LogP contribution < -0.4 is 0 Å². The summed E-state index contributed by atoms with van der Waals surface area (Å²) >= 11 is 0. The standard InChI is InChI=1S/C15H20O2/c1-2-13-7-3-4-8-14(13)10-12-17-15-9-5-6-11-16-15/h2-4,7-8,15H,1,5-6,9-12H2. The molecule has 1 heterocycles. The first kappa shape index (κ1) is 12.3. The van der Waals surface area contributed by atoms with Crippen molar-refractivity contribution in [3.05, 3.63) is 42.0 Å². The number of hydrogen-bond donors (Lipinski definition) is 0. The number of rotatable bonds is 5. The zero-order valence-corrected chi connectivity index (χ0v) is 10.2. The van der Waals surface area contributed by atoms with E-state index in [1.807, 2.05) is 12.1 Å². The van der Waals surface area contributed by atoms with Crippen LogP contribution in [-0.2, 0) is 15.9 Å². The van der Waals surface area contributed by atoms with Crippen molar-refractivity contribution in [3.8, 4) is 0 Å². The number of ether oxygens (including phenoxy) is 2. The lowest BCUT2D eigenvalue weighted by Crippen LogP contribution is -2.23. The highest BCUT2D eigenvalue weighted by Crippen LogP contribution is 2.15. The van der Waals surface area contributed by atoms with Crippen molar-refractivity contribution in [1.82, 2.24) is 0 Å². The van der Waals surface area contributed by atoms with E-state index in [0.717, 1.165) is 26.1 Å². The average molecular weight is 232 g/mol. The van der Waals surface area contributed by atoms with Crippen LogP contribution in [-0.4, -0.2) is 19.5 Å². The van der Waals surface area contributed by atoms with Crippen LogP contribution in [0, 0.1) is 0 Å². The summed E-state index contributed by atoms with van der Waals surface area (Å²) in [5, 5.41) is 0. The Morgan fingerprint density at radius 2 is 2.24 bits per heavy atom. The van der Waals surface area contributed by atoms with Crippen molar-refractivity contribution in [2.45, 2.75) is 32.0 Å². The Balaban J connectivity index is 1.79. The van der Waals surface area contributed by atoms with Gasteiger partial charge in [0.1, 0.15) is 0 Å². The second-order valence-electron chi connectivity index (χ2n) is 4.32. The fourth-order valence-electron chi connectivity index (χ4n) is 2.10. The largest absolute Gasteiger partial charge is 0.353 e.